The predicted octanol–water partition coefficient (Wildman–Crippen LogP) is 4.44. The summed E-state index contributed by atoms with van der Waals surface area (Å²) in [6.45, 7) is 11.9. The SMILES string of the molecule is CC(=O)c1ccc(NC(=O)C(C)OC(=O)/C(C#N)=C/c2cc(C)n(CC(C)C)c2C)cc1. The standard InChI is InChI=1S/C25H29N3O4/c1-15(2)14-28-16(3)11-21(17(28)4)12-22(13-26)25(31)32-19(6)24(30)27-23-9-7-20(8-10-23)18(5)29/h7-12,15,19H,14H2,1-6H3,(H,27,30)/b22-12+. The third-order valence-electron chi connectivity index (χ3n) is 5.01. The summed E-state index contributed by atoms with van der Waals surface area (Å²) in [6, 6.07) is 10.2. The van der Waals surface area contributed by atoms with Crippen LogP contribution < -0.4 is 5.32 Å². The van der Waals surface area contributed by atoms with Crippen LogP contribution in [0.3, 0.4) is 0 Å². The van der Waals surface area contributed by atoms with Gasteiger partial charge < -0.3 is 14.6 Å². The highest BCUT2D eigenvalue weighted by Gasteiger charge is 2.21. The van der Waals surface area contributed by atoms with E-state index in [1.54, 1.807) is 24.3 Å². The molecule has 1 unspecified atom stereocenters. The van der Waals surface area contributed by atoms with Gasteiger partial charge in [0.25, 0.3) is 5.91 Å². The molecule has 0 bridgehead atoms. The highest BCUT2D eigenvalue weighted by Crippen LogP contribution is 2.20. The number of ketones is 1. The number of benzene rings is 1. The van der Waals surface area contributed by atoms with Gasteiger partial charge in [0.1, 0.15) is 11.6 Å². The van der Waals surface area contributed by atoms with Gasteiger partial charge in [-0.25, -0.2) is 4.79 Å². The quantitative estimate of drug-likeness (QED) is 0.286. The van der Waals surface area contributed by atoms with Gasteiger partial charge in [-0.15, -0.1) is 0 Å². The summed E-state index contributed by atoms with van der Waals surface area (Å²) in [6.07, 6.45) is 0.382. The molecule has 1 aromatic heterocycles. The molecule has 0 saturated heterocycles. The van der Waals surface area contributed by atoms with Gasteiger partial charge in [-0.3, -0.25) is 9.59 Å². The number of Topliss-reactive ketones (excluding diaryl/α,β-unsaturated/α-hetero) is 1. The summed E-state index contributed by atoms with van der Waals surface area (Å²) in [4.78, 5) is 36.2. The maximum absolute atomic E-state index is 12.5. The van der Waals surface area contributed by atoms with Crippen LogP contribution in [0.15, 0.2) is 35.9 Å². The van der Waals surface area contributed by atoms with Gasteiger partial charge >= 0.3 is 5.97 Å². The molecule has 0 spiro atoms. The predicted molar refractivity (Wildman–Crippen MR) is 123 cm³/mol. The van der Waals surface area contributed by atoms with Gasteiger partial charge in [0, 0.05) is 29.2 Å². The fraction of sp³-hybridized carbons (Fsp3) is 0.360. The molecule has 1 amide bonds. The van der Waals surface area contributed by atoms with E-state index in [9.17, 15) is 19.6 Å². The Kier molecular flexibility index (Phi) is 8.14. The first-order chi connectivity index (χ1) is 15.0. The summed E-state index contributed by atoms with van der Waals surface area (Å²) in [5.74, 6) is -1.03. The first kappa shape index (κ1) is 24.6. The van der Waals surface area contributed by atoms with Crippen molar-refractivity contribution in [3.8, 4) is 6.07 Å². The Labute approximate surface area is 188 Å². The zero-order valence-electron chi connectivity index (χ0n) is 19.4. The number of rotatable bonds is 8. The van der Waals surface area contributed by atoms with Gasteiger partial charge in [0.15, 0.2) is 11.9 Å². The molecule has 7 heteroatoms. The lowest BCUT2D eigenvalue weighted by atomic mass is 10.1. The maximum Gasteiger partial charge on any atom is 0.349 e. The molecule has 32 heavy (non-hydrogen) atoms. The van der Waals surface area contributed by atoms with Crippen LogP contribution in [0.2, 0.25) is 0 Å². The summed E-state index contributed by atoms with van der Waals surface area (Å²) in [7, 11) is 0. The number of carbonyl (C=O) groups is 3. The van der Waals surface area contributed by atoms with E-state index in [1.165, 1.54) is 19.9 Å². The second-order valence-corrected chi connectivity index (χ2v) is 8.17. The average molecular weight is 436 g/mol. The number of nitrogens with zero attached hydrogens (tertiary/aromatic N) is 2. The van der Waals surface area contributed by atoms with Gasteiger partial charge in [0.2, 0.25) is 0 Å². The van der Waals surface area contributed by atoms with Gasteiger partial charge in [0.05, 0.1) is 0 Å². The molecule has 0 fully saturated rings. The molecule has 1 atom stereocenters. The zero-order chi connectivity index (χ0) is 24.0. The van der Waals surface area contributed by atoms with E-state index in [4.69, 9.17) is 4.74 Å². The first-order valence-electron chi connectivity index (χ1n) is 10.4. The molecule has 168 valence electrons. The highest BCUT2D eigenvalue weighted by molar-refractivity contribution is 6.01. The molecular weight excluding hydrogens is 406 g/mol. The van der Waals surface area contributed by atoms with Crippen LogP contribution in [0, 0.1) is 31.1 Å². The molecule has 0 aliphatic heterocycles. The molecule has 0 radical (unpaired) electrons. The Hall–Kier alpha value is -3.66. The molecule has 2 aromatic rings. The van der Waals surface area contributed by atoms with Crippen LogP contribution in [-0.2, 0) is 20.9 Å². The smallest absolute Gasteiger partial charge is 0.349 e. The van der Waals surface area contributed by atoms with Crippen molar-refractivity contribution < 1.29 is 19.1 Å². The van der Waals surface area contributed by atoms with Crippen LogP contribution in [-0.4, -0.2) is 28.3 Å². The molecule has 1 N–H and O–H groups in total. The van der Waals surface area contributed by atoms with E-state index >= 15 is 0 Å². The number of amides is 1. The molecule has 1 aromatic carbocycles. The summed E-state index contributed by atoms with van der Waals surface area (Å²) < 4.78 is 7.35. The van der Waals surface area contributed by atoms with Gasteiger partial charge in [-0.05, 0) is 75.6 Å². The van der Waals surface area contributed by atoms with Crippen LogP contribution in [0.1, 0.15) is 55.0 Å². The lowest BCUT2D eigenvalue weighted by Crippen LogP contribution is -2.30. The van der Waals surface area contributed by atoms with Crippen molar-refractivity contribution >= 4 is 29.4 Å². The maximum atomic E-state index is 12.5. The normalized spacial score (nSPS) is 12.2. The minimum absolute atomic E-state index is 0.0778. The Morgan fingerprint density at radius 1 is 1.16 bits per heavy atom. The van der Waals surface area contributed by atoms with Crippen LogP contribution in [0.4, 0.5) is 5.69 Å². The molecule has 7 nitrogen and oxygen atoms in total. The van der Waals surface area contributed by atoms with Crippen molar-refractivity contribution in [2.24, 2.45) is 5.92 Å². The number of aryl methyl sites for hydroxylation is 1. The molecule has 0 aliphatic rings. The van der Waals surface area contributed by atoms with Crippen molar-refractivity contribution in [1.29, 1.82) is 5.26 Å². The lowest BCUT2D eigenvalue weighted by Gasteiger charge is -2.13. The highest BCUT2D eigenvalue weighted by atomic mass is 16.5. The van der Waals surface area contributed by atoms with Crippen molar-refractivity contribution in [2.75, 3.05) is 5.32 Å². The number of anilines is 1. The Morgan fingerprint density at radius 2 is 1.78 bits per heavy atom. The van der Waals surface area contributed by atoms with E-state index in [0.29, 0.717) is 17.2 Å². The number of aromatic nitrogens is 1. The fourth-order valence-corrected chi connectivity index (χ4v) is 3.22. The number of hydrogen-bond donors (Lipinski definition) is 1. The minimum atomic E-state index is -1.11. The Balaban J connectivity index is 2.10. The molecule has 0 saturated carbocycles. The zero-order valence-corrected chi connectivity index (χ0v) is 19.4. The van der Waals surface area contributed by atoms with Crippen LogP contribution in [0.25, 0.3) is 6.08 Å². The van der Waals surface area contributed by atoms with Gasteiger partial charge in [-0.2, -0.15) is 5.26 Å². The lowest BCUT2D eigenvalue weighted by molar-refractivity contribution is -0.148. The number of nitriles is 1. The number of carbonyl (C=O) groups excluding carboxylic acids is 3. The van der Waals surface area contributed by atoms with Crippen molar-refractivity contribution in [3.63, 3.8) is 0 Å². The average Bonchev–Trinajstić information content (AvgIpc) is 2.99. The molecule has 1 heterocycles. The molecule has 0 aliphatic carbocycles. The number of nitrogens with one attached hydrogen (secondary N) is 1. The number of ether oxygens (including phenoxy) is 1. The third-order valence-corrected chi connectivity index (χ3v) is 5.01. The summed E-state index contributed by atoms with van der Waals surface area (Å²) >= 11 is 0. The summed E-state index contributed by atoms with van der Waals surface area (Å²) in [5, 5.41) is 12.1. The van der Waals surface area contributed by atoms with Crippen molar-refractivity contribution in [3.05, 3.63) is 58.4 Å². The Morgan fingerprint density at radius 3 is 2.31 bits per heavy atom. The minimum Gasteiger partial charge on any atom is -0.448 e. The second kappa shape index (κ2) is 10.6. The summed E-state index contributed by atoms with van der Waals surface area (Å²) in [5.41, 5.74) is 3.57. The third kappa shape index (κ3) is 6.17. The van der Waals surface area contributed by atoms with Crippen molar-refractivity contribution in [1.82, 2.24) is 4.57 Å². The van der Waals surface area contributed by atoms with E-state index < -0.39 is 18.0 Å². The van der Waals surface area contributed by atoms with E-state index in [2.05, 4.69) is 23.7 Å². The van der Waals surface area contributed by atoms with Gasteiger partial charge in [-0.1, -0.05) is 13.8 Å². The molecular formula is C25H29N3O4. The number of esters is 1. The first-order valence-corrected chi connectivity index (χ1v) is 10.4. The Bertz CT molecular complexity index is 1090. The number of hydrogen-bond acceptors (Lipinski definition) is 5. The fourth-order valence-electron chi connectivity index (χ4n) is 3.22. The van der Waals surface area contributed by atoms with E-state index in [0.717, 1.165) is 23.5 Å². The largest absolute Gasteiger partial charge is 0.448 e. The van der Waals surface area contributed by atoms with E-state index in [-0.39, 0.29) is 11.4 Å². The second-order valence-electron chi connectivity index (χ2n) is 8.17. The monoisotopic (exact) mass is 435 g/mol. The topological polar surface area (TPSA) is 101 Å². The van der Waals surface area contributed by atoms with Crippen molar-refractivity contribution in [2.45, 2.75) is 54.2 Å². The van der Waals surface area contributed by atoms with Crippen LogP contribution in [0.5, 0.6) is 0 Å². The molecule has 2 rings (SSSR count). The van der Waals surface area contributed by atoms with E-state index in [1.807, 2.05) is 26.0 Å². The van der Waals surface area contributed by atoms with Crippen LogP contribution >= 0.6 is 0 Å².